The summed E-state index contributed by atoms with van der Waals surface area (Å²) in [5.74, 6) is 0. The number of benzene rings is 2. The van der Waals surface area contributed by atoms with Crippen molar-refractivity contribution in [2.75, 3.05) is 10.6 Å². The highest BCUT2D eigenvalue weighted by Crippen LogP contribution is 2.26. The van der Waals surface area contributed by atoms with E-state index in [1.807, 2.05) is 30.3 Å². The Morgan fingerprint density at radius 1 is 1.18 bits per heavy atom. The summed E-state index contributed by atoms with van der Waals surface area (Å²) in [5, 5.41) is 16.8. The Balaban J connectivity index is 1.86. The molecule has 28 heavy (non-hydrogen) atoms. The Hall–Kier alpha value is -3.17. The largest absolute Gasteiger partial charge is 0.331 e. The Labute approximate surface area is 170 Å². The first-order chi connectivity index (χ1) is 13.3. The molecule has 0 radical (unpaired) electrons. The van der Waals surface area contributed by atoms with Crippen LogP contribution in [0.1, 0.15) is 5.69 Å². The van der Waals surface area contributed by atoms with Crippen LogP contribution in [0.25, 0.3) is 5.69 Å². The number of para-hydroxylation sites is 1. The number of hydrogen-bond donors (Lipinski definition) is 2. The van der Waals surface area contributed by atoms with Crippen LogP contribution in [0.5, 0.6) is 0 Å². The van der Waals surface area contributed by atoms with Gasteiger partial charge in [0.2, 0.25) is 0 Å². The molecule has 0 saturated heterocycles. The minimum absolute atomic E-state index is 0.126. The third kappa shape index (κ3) is 3.75. The molecule has 1 heterocycles. The maximum Gasteiger partial charge on any atom is 0.295 e. The van der Waals surface area contributed by atoms with Gasteiger partial charge in [0, 0.05) is 19.2 Å². The summed E-state index contributed by atoms with van der Waals surface area (Å²) in [6, 6.07) is 13.2. The standard InChI is InChI=1S/C18H16ClN5O3S/c1-11-16(17(25)23(22(11)2)12-6-4-3-5-7-12)21-18(28)20-15-9-8-13(24(26)27)10-14(15)19/h3-10H,1-2H3,(H2,20,21,28). The van der Waals surface area contributed by atoms with Crippen molar-refractivity contribution in [2.24, 2.45) is 7.05 Å². The average Bonchev–Trinajstić information content (AvgIpc) is 2.87. The Bertz CT molecular complexity index is 1120. The first-order valence-corrected chi connectivity index (χ1v) is 8.94. The van der Waals surface area contributed by atoms with Gasteiger partial charge in [0.05, 0.1) is 27.0 Å². The lowest BCUT2D eigenvalue weighted by atomic mass is 10.3. The number of rotatable bonds is 4. The van der Waals surface area contributed by atoms with Gasteiger partial charge in [-0.15, -0.1) is 0 Å². The van der Waals surface area contributed by atoms with E-state index in [0.29, 0.717) is 17.1 Å². The van der Waals surface area contributed by atoms with Crippen molar-refractivity contribution in [3.05, 3.63) is 79.7 Å². The number of thiocarbonyl (C=S) groups is 1. The van der Waals surface area contributed by atoms with Crippen LogP contribution < -0.4 is 16.2 Å². The molecule has 0 atom stereocenters. The van der Waals surface area contributed by atoms with Crippen molar-refractivity contribution in [3.8, 4) is 5.69 Å². The molecule has 0 spiro atoms. The highest BCUT2D eigenvalue weighted by atomic mass is 35.5. The van der Waals surface area contributed by atoms with Crippen molar-refractivity contribution in [1.29, 1.82) is 0 Å². The van der Waals surface area contributed by atoms with Crippen LogP contribution in [-0.4, -0.2) is 19.4 Å². The van der Waals surface area contributed by atoms with Gasteiger partial charge in [-0.1, -0.05) is 29.8 Å². The van der Waals surface area contributed by atoms with Crippen molar-refractivity contribution in [3.63, 3.8) is 0 Å². The van der Waals surface area contributed by atoms with Gasteiger partial charge in [0.25, 0.3) is 11.2 Å². The predicted molar refractivity (Wildman–Crippen MR) is 114 cm³/mol. The van der Waals surface area contributed by atoms with Gasteiger partial charge in [-0.05, 0) is 37.3 Å². The van der Waals surface area contributed by atoms with Crippen molar-refractivity contribution in [2.45, 2.75) is 6.92 Å². The molecule has 0 saturated carbocycles. The summed E-state index contributed by atoms with van der Waals surface area (Å²) in [4.78, 5) is 23.1. The molecule has 0 unspecified atom stereocenters. The fourth-order valence-electron chi connectivity index (χ4n) is 2.70. The fraction of sp³-hybridized carbons (Fsp3) is 0.111. The van der Waals surface area contributed by atoms with E-state index in [2.05, 4.69) is 10.6 Å². The van der Waals surface area contributed by atoms with Gasteiger partial charge in [-0.25, -0.2) is 4.68 Å². The molecule has 0 bridgehead atoms. The van der Waals surface area contributed by atoms with Crippen LogP contribution in [0.4, 0.5) is 17.1 Å². The number of nitro groups is 1. The minimum atomic E-state index is -0.536. The quantitative estimate of drug-likeness (QED) is 0.380. The van der Waals surface area contributed by atoms with Gasteiger partial charge < -0.3 is 10.6 Å². The highest BCUT2D eigenvalue weighted by molar-refractivity contribution is 7.80. The lowest BCUT2D eigenvalue weighted by molar-refractivity contribution is -0.384. The van der Waals surface area contributed by atoms with E-state index in [1.54, 1.807) is 18.7 Å². The smallest absolute Gasteiger partial charge is 0.295 e. The second-order valence-corrected chi connectivity index (χ2v) is 6.75. The third-order valence-electron chi connectivity index (χ3n) is 4.20. The van der Waals surface area contributed by atoms with Gasteiger partial charge >= 0.3 is 0 Å². The van der Waals surface area contributed by atoms with E-state index in [1.165, 1.54) is 22.9 Å². The van der Waals surface area contributed by atoms with Crippen LogP contribution >= 0.6 is 23.8 Å². The van der Waals surface area contributed by atoms with E-state index >= 15 is 0 Å². The lowest BCUT2D eigenvalue weighted by Crippen LogP contribution is -2.25. The molecule has 8 nitrogen and oxygen atoms in total. The first kappa shape index (κ1) is 19.6. The molecule has 2 aromatic carbocycles. The van der Waals surface area contributed by atoms with E-state index in [9.17, 15) is 14.9 Å². The molecule has 2 N–H and O–H groups in total. The van der Waals surface area contributed by atoms with Crippen LogP contribution in [0, 0.1) is 17.0 Å². The summed E-state index contributed by atoms with van der Waals surface area (Å²) in [6.07, 6.45) is 0. The number of anilines is 2. The van der Waals surface area contributed by atoms with Crippen LogP contribution in [0.3, 0.4) is 0 Å². The Morgan fingerprint density at radius 2 is 1.86 bits per heavy atom. The topological polar surface area (TPSA) is 94.1 Å². The number of nitro benzene ring substituents is 1. The molecule has 144 valence electrons. The molecule has 0 amide bonds. The van der Waals surface area contributed by atoms with Gasteiger partial charge in [-0.2, -0.15) is 0 Å². The molecule has 3 rings (SSSR count). The molecule has 0 aliphatic carbocycles. The fourth-order valence-corrected chi connectivity index (χ4v) is 3.13. The van der Waals surface area contributed by atoms with Crippen molar-refractivity contribution >= 4 is 46.0 Å². The van der Waals surface area contributed by atoms with Gasteiger partial charge in [0.15, 0.2) is 5.11 Å². The number of nitrogens with one attached hydrogen (secondary N) is 2. The van der Waals surface area contributed by atoms with E-state index in [4.69, 9.17) is 23.8 Å². The lowest BCUT2D eigenvalue weighted by Gasteiger charge is -2.10. The van der Waals surface area contributed by atoms with Crippen LogP contribution in [0.15, 0.2) is 53.3 Å². The molecule has 0 aliphatic heterocycles. The molecular weight excluding hydrogens is 402 g/mol. The number of nitrogens with zero attached hydrogens (tertiary/aromatic N) is 3. The molecule has 0 aliphatic rings. The molecule has 10 heteroatoms. The number of non-ortho nitro benzene ring substituents is 1. The van der Waals surface area contributed by atoms with Gasteiger partial charge in [-0.3, -0.25) is 19.6 Å². The molecule has 3 aromatic rings. The summed E-state index contributed by atoms with van der Waals surface area (Å²) in [6.45, 7) is 1.80. The SMILES string of the molecule is Cc1c(NC(=S)Nc2ccc([N+](=O)[O-])cc2Cl)c(=O)n(-c2ccccc2)n1C. The second kappa shape index (κ2) is 7.83. The normalized spacial score (nSPS) is 10.5. The summed E-state index contributed by atoms with van der Waals surface area (Å²) < 4.78 is 3.25. The van der Waals surface area contributed by atoms with Gasteiger partial charge in [0.1, 0.15) is 5.69 Å². The molecule has 1 aromatic heterocycles. The first-order valence-electron chi connectivity index (χ1n) is 8.15. The second-order valence-electron chi connectivity index (χ2n) is 5.94. The monoisotopic (exact) mass is 417 g/mol. The maximum absolute atomic E-state index is 12.9. The van der Waals surface area contributed by atoms with Crippen LogP contribution in [-0.2, 0) is 7.05 Å². The zero-order chi connectivity index (χ0) is 20.4. The van der Waals surface area contributed by atoms with E-state index in [-0.39, 0.29) is 21.4 Å². The summed E-state index contributed by atoms with van der Waals surface area (Å²) in [7, 11) is 1.78. The maximum atomic E-state index is 12.9. The van der Waals surface area contributed by atoms with E-state index < -0.39 is 4.92 Å². The number of halogens is 1. The number of hydrogen-bond acceptors (Lipinski definition) is 4. The van der Waals surface area contributed by atoms with Crippen molar-refractivity contribution < 1.29 is 4.92 Å². The Morgan fingerprint density at radius 3 is 2.46 bits per heavy atom. The number of aromatic nitrogens is 2. The zero-order valence-electron chi connectivity index (χ0n) is 15.0. The highest BCUT2D eigenvalue weighted by Gasteiger charge is 2.17. The van der Waals surface area contributed by atoms with E-state index in [0.717, 1.165) is 5.69 Å². The zero-order valence-corrected chi connectivity index (χ0v) is 16.5. The summed E-state index contributed by atoms with van der Waals surface area (Å²) >= 11 is 11.3. The minimum Gasteiger partial charge on any atom is -0.331 e. The summed E-state index contributed by atoms with van der Waals surface area (Å²) in [5.41, 5.74) is 1.74. The predicted octanol–water partition coefficient (Wildman–Crippen LogP) is 3.85. The van der Waals surface area contributed by atoms with Crippen molar-refractivity contribution in [1.82, 2.24) is 9.36 Å². The van der Waals surface area contributed by atoms with Crippen LogP contribution in [0.2, 0.25) is 5.02 Å². The average molecular weight is 418 g/mol. The molecular formula is C18H16ClN5O3S. The third-order valence-corrected chi connectivity index (χ3v) is 4.72. The Kier molecular flexibility index (Phi) is 5.48. The molecule has 0 fully saturated rings.